The molecular formula is C120H199NaO20. The van der Waals surface area contributed by atoms with Gasteiger partial charge in [-0.1, -0.05) is 104 Å². The van der Waals surface area contributed by atoms with E-state index in [9.17, 15) is 80.1 Å². The minimum Gasteiger partial charge on any atom is -0.550 e. The van der Waals surface area contributed by atoms with Crippen molar-refractivity contribution >= 4 is 29.8 Å². The molecule has 0 aromatic carbocycles. The molecular weight excluding hydrogens is 1780 g/mol. The number of carboxylic acids is 5. The zero-order chi connectivity index (χ0) is 101. The minimum atomic E-state index is -0.957. The summed E-state index contributed by atoms with van der Waals surface area (Å²) in [6.45, 7) is 34.9. The van der Waals surface area contributed by atoms with Gasteiger partial charge in [0.1, 0.15) is 0 Å². The summed E-state index contributed by atoms with van der Waals surface area (Å²) >= 11 is 0. The van der Waals surface area contributed by atoms with Crippen molar-refractivity contribution in [3.05, 3.63) is 0 Å². The average Bonchev–Trinajstić information content (AvgIpc) is 1.61. The van der Waals surface area contributed by atoms with E-state index in [1.54, 1.807) is 0 Å². The Morgan fingerprint density at radius 3 is 0.553 bits per heavy atom. The number of aliphatic hydroxyl groups excluding tert-OH is 10. The van der Waals surface area contributed by atoms with E-state index < -0.39 is 29.8 Å². The second kappa shape index (κ2) is 43.8. The maximum Gasteiger partial charge on any atom is 1.00 e. The Balaban J connectivity index is 0.000000133. The fourth-order valence-corrected chi connectivity index (χ4v) is 43.6. The van der Waals surface area contributed by atoms with E-state index >= 15 is 0 Å². The Bertz CT molecular complexity index is 3640. The van der Waals surface area contributed by atoms with Crippen LogP contribution in [0, 0.1) is 232 Å². The molecule has 0 radical (unpaired) electrons. The molecule has 141 heavy (non-hydrogen) atoms. The predicted octanol–water partition coefficient (Wildman–Crippen LogP) is 18.1. The van der Waals surface area contributed by atoms with E-state index in [2.05, 4.69) is 104 Å². The largest absolute Gasteiger partial charge is 1.00 e. The summed E-state index contributed by atoms with van der Waals surface area (Å²) in [5, 5.41) is 156. The van der Waals surface area contributed by atoms with Crippen LogP contribution in [0.15, 0.2) is 0 Å². The first kappa shape index (κ1) is 113. The second-order valence-corrected chi connectivity index (χ2v) is 56.5. The molecule has 20 rings (SSSR count). The Labute approximate surface area is 871 Å². The molecule has 20 nitrogen and oxygen atoms in total. The zero-order valence-electron chi connectivity index (χ0n) is 90.7. The molecule has 800 valence electrons. The van der Waals surface area contributed by atoms with Crippen molar-refractivity contribution in [2.75, 3.05) is 0 Å². The van der Waals surface area contributed by atoms with Crippen LogP contribution in [0.2, 0.25) is 0 Å². The summed E-state index contributed by atoms with van der Waals surface area (Å²) < 4.78 is 0. The van der Waals surface area contributed by atoms with Crippen LogP contribution in [0.4, 0.5) is 0 Å². The fraction of sp³-hybridized carbons (Fsp3) is 0.958. The molecule has 0 heterocycles. The first-order valence-electron chi connectivity index (χ1n) is 58.8. The van der Waals surface area contributed by atoms with Crippen molar-refractivity contribution in [2.24, 2.45) is 232 Å². The van der Waals surface area contributed by atoms with E-state index in [0.29, 0.717) is 184 Å². The van der Waals surface area contributed by atoms with E-state index in [1.165, 1.54) is 96.3 Å². The normalized spacial score (nSPS) is 51.3. The Morgan fingerprint density at radius 1 is 0.234 bits per heavy atom. The van der Waals surface area contributed by atoms with Crippen molar-refractivity contribution in [2.45, 2.75) is 486 Å². The van der Waals surface area contributed by atoms with Gasteiger partial charge in [0.15, 0.2) is 0 Å². The fourth-order valence-electron chi connectivity index (χ4n) is 43.6. The SMILES string of the molecule is C[C@H](CCC(=O)O)[C@H]1CCC2C3CC[C@@H]4C[C@H](O)CC[C@]4(C)C3C[C@H](O)[C@@]21C.C[C@H](CCC(=O)O)[C@H]1CCC2C3CC[C@@H]4C[C@H](O)CC[C@]4(C)C3C[C@H](O)[C@@]21C.C[C@H](CCC(=O)O)[C@H]1CCC2C3CC[C@@H]4C[C@H](O)CC[C@]4(C)C3C[C@H](O)[C@@]21C.C[C@H](CCC(=O)O)[C@H]1CCC2C3CC[C@@H]4C[C@H](O)CC[C@]4(C)C3C[C@H](O)[C@@]21C.C[C@H](CCC(=O)[O-])[C@H]1CCC2C3CC[C@@H]4C[C@H](O)CC[C@]4(C)C3C[C@H](O)[C@@]21C.[Na+]. The van der Waals surface area contributed by atoms with Gasteiger partial charge in [-0.05, 0) is 527 Å². The summed E-state index contributed by atoms with van der Waals surface area (Å²) in [6, 6.07) is 0. The van der Waals surface area contributed by atoms with E-state index in [4.69, 9.17) is 20.4 Å². The third kappa shape index (κ3) is 20.5. The molecule has 0 spiro atoms. The van der Waals surface area contributed by atoms with Crippen LogP contribution >= 0.6 is 0 Å². The number of carboxylic acid groups (broad SMARTS) is 5. The first-order chi connectivity index (χ1) is 65.9. The quantitative estimate of drug-likeness (QED) is 0.0503. The number of carbonyl (C=O) groups is 5. The molecule has 0 aromatic heterocycles. The van der Waals surface area contributed by atoms with Gasteiger partial charge in [-0.3, -0.25) is 19.2 Å². The molecule has 15 unspecified atom stereocenters. The van der Waals surface area contributed by atoms with Crippen LogP contribution in [-0.2, 0) is 24.0 Å². The molecule has 50 atom stereocenters. The van der Waals surface area contributed by atoms with Gasteiger partial charge in [0.25, 0.3) is 0 Å². The maximum absolute atomic E-state index is 11.5. The van der Waals surface area contributed by atoms with Crippen molar-refractivity contribution in [1.82, 2.24) is 0 Å². The molecule has 0 saturated heterocycles. The van der Waals surface area contributed by atoms with E-state index in [0.717, 1.165) is 186 Å². The molecule has 20 aliphatic rings. The smallest absolute Gasteiger partial charge is 0.550 e. The molecule has 20 fully saturated rings. The predicted molar refractivity (Wildman–Crippen MR) is 541 cm³/mol. The number of rotatable bonds is 20. The topological polar surface area (TPSA) is 392 Å². The number of hydrogen-bond acceptors (Lipinski definition) is 16. The maximum atomic E-state index is 11.5. The number of hydrogen-bond donors (Lipinski definition) is 14. The van der Waals surface area contributed by atoms with Gasteiger partial charge in [0, 0.05) is 31.7 Å². The van der Waals surface area contributed by atoms with Gasteiger partial charge in [0.05, 0.1) is 61.0 Å². The second-order valence-electron chi connectivity index (χ2n) is 56.5. The van der Waals surface area contributed by atoms with Crippen molar-refractivity contribution in [3.8, 4) is 0 Å². The molecule has 0 bridgehead atoms. The molecule has 20 saturated carbocycles. The standard InChI is InChI=1S/5C24H40O4.Na/c5*1-14(4-9-22(27)28)18-7-8-19-17-6-5-15-12-16(25)10-11-23(15,2)20(17)13-21(26)24(18,19)3;/h5*14-21,25-26H,4-13H2,1-3H3,(H,27,28);/q;;;;;+1/p-1/t5*14-,15-,16-,17?,18-,19?,20?,21+,23+,24-;/m11111./s1. The summed E-state index contributed by atoms with van der Waals surface area (Å²) in [5.41, 5.74) is 1.05. The summed E-state index contributed by atoms with van der Waals surface area (Å²) in [6.07, 6.45) is 46.0. The van der Waals surface area contributed by atoms with Gasteiger partial charge in [0.2, 0.25) is 0 Å². The van der Waals surface area contributed by atoms with Crippen molar-refractivity contribution < 1.29 is 130 Å². The van der Waals surface area contributed by atoms with E-state index in [-0.39, 0.29) is 177 Å². The summed E-state index contributed by atoms with van der Waals surface area (Å²) in [5.74, 6) is 12.4. The first-order valence-corrected chi connectivity index (χ1v) is 58.8. The van der Waals surface area contributed by atoms with Crippen LogP contribution in [-0.4, -0.2) is 162 Å². The van der Waals surface area contributed by atoms with E-state index in [1.807, 2.05) is 0 Å². The van der Waals surface area contributed by atoms with Gasteiger partial charge >= 0.3 is 53.4 Å². The Morgan fingerprint density at radius 2 is 0.397 bits per heavy atom. The molecule has 0 aliphatic heterocycles. The van der Waals surface area contributed by atoms with Gasteiger partial charge < -0.3 is 81.4 Å². The third-order valence-corrected chi connectivity index (χ3v) is 51.6. The van der Waals surface area contributed by atoms with Gasteiger partial charge in [-0.2, -0.15) is 0 Å². The van der Waals surface area contributed by atoms with Crippen LogP contribution in [0.25, 0.3) is 0 Å². The van der Waals surface area contributed by atoms with Crippen molar-refractivity contribution in [3.63, 3.8) is 0 Å². The minimum absolute atomic E-state index is 0. The van der Waals surface area contributed by atoms with Gasteiger partial charge in [-0.25, -0.2) is 0 Å². The average molecular weight is 1980 g/mol. The number of aliphatic hydroxyl groups is 10. The summed E-state index contributed by atoms with van der Waals surface area (Å²) in [4.78, 5) is 55.2. The molecule has 0 amide bonds. The number of aliphatic carboxylic acids is 5. The number of carbonyl (C=O) groups excluding carboxylic acids is 1. The van der Waals surface area contributed by atoms with Gasteiger partial charge in [-0.15, -0.1) is 0 Å². The van der Waals surface area contributed by atoms with Crippen LogP contribution in [0.3, 0.4) is 0 Å². The Kier molecular flexibility index (Phi) is 35.1. The molecule has 21 heteroatoms. The summed E-state index contributed by atoms with van der Waals surface area (Å²) in [7, 11) is 0. The van der Waals surface area contributed by atoms with Crippen LogP contribution in [0.5, 0.6) is 0 Å². The molecule has 0 aromatic rings. The molecule has 14 N–H and O–H groups in total. The molecule has 20 aliphatic carbocycles. The van der Waals surface area contributed by atoms with Crippen LogP contribution < -0.4 is 34.7 Å². The monoisotopic (exact) mass is 1980 g/mol. The van der Waals surface area contributed by atoms with Crippen LogP contribution in [0.1, 0.15) is 425 Å². The zero-order valence-corrected chi connectivity index (χ0v) is 92.7. The third-order valence-electron chi connectivity index (χ3n) is 51.6. The van der Waals surface area contributed by atoms with Crippen molar-refractivity contribution in [1.29, 1.82) is 0 Å². The number of fused-ring (bicyclic) bond motifs is 25. The Hall–Kier alpha value is -2.05.